The highest BCUT2D eigenvalue weighted by atomic mass is 16.4. The number of hydrogen-bond donors (Lipinski definition) is 4. The second-order valence-electron chi connectivity index (χ2n) is 6.27. The molecule has 0 spiro atoms. The summed E-state index contributed by atoms with van der Waals surface area (Å²) in [6.07, 6.45) is 19.8. The molecule has 0 heterocycles. The van der Waals surface area contributed by atoms with Crippen molar-refractivity contribution in [1.82, 2.24) is 0 Å². The van der Waals surface area contributed by atoms with Crippen LogP contribution in [0.3, 0.4) is 0 Å². The topological polar surface area (TPSA) is 98.0 Å². The molecule has 0 aliphatic rings. The minimum absolute atomic E-state index is 0.182. The van der Waals surface area contributed by atoms with Crippen LogP contribution in [0.1, 0.15) is 51.9 Å². The lowest BCUT2D eigenvalue weighted by atomic mass is 10.1. The molecule has 0 amide bonds. The molecule has 152 valence electrons. The van der Waals surface area contributed by atoms with Crippen LogP contribution in [-0.2, 0) is 4.79 Å². The number of aliphatic carboxylic acids is 1. The van der Waals surface area contributed by atoms with Crippen molar-refractivity contribution in [3.63, 3.8) is 0 Å². The predicted molar refractivity (Wildman–Crippen MR) is 109 cm³/mol. The van der Waals surface area contributed by atoms with Gasteiger partial charge in [-0.3, -0.25) is 4.79 Å². The minimum atomic E-state index is -0.898. The maximum absolute atomic E-state index is 10.4. The first kappa shape index (κ1) is 25.1. The SMILES string of the molecule is CCC=CC[C@H](O)[C@H](O)C=CC=CC=CC=C[C@@H](O)CCCCCC(=O)O. The standard InChI is InChI=1S/C22H34O5/c1-2-3-9-16-20(24)21(25)17-12-7-5-4-6-10-14-19(23)15-11-8-13-18-22(26)27/h3-7,9-10,12,14,17,19-21,23-25H,2,8,11,13,15-16,18H2,1H3,(H,26,27)/t19-,20+,21-/m1/s1. The van der Waals surface area contributed by atoms with Crippen LogP contribution in [0, 0.1) is 0 Å². The Balaban J connectivity index is 3.94. The molecule has 0 saturated heterocycles. The fourth-order valence-electron chi connectivity index (χ4n) is 2.20. The number of unbranched alkanes of at least 4 members (excludes halogenated alkanes) is 2. The Kier molecular flexibility index (Phi) is 16.2. The number of aliphatic hydroxyl groups excluding tert-OH is 3. The molecule has 5 nitrogen and oxygen atoms in total. The summed E-state index contributed by atoms with van der Waals surface area (Å²) in [7, 11) is 0. The largest absolute Gasteiger partial charge is 0.481 e. The Bertz CT molecular complexity index is 517. The molecule has 0 fully saturated rings. The van der Waals surface area contributed by atoms with Crippen LogP contribution in [0.4, 0.5) is 0 Å². The zero-order valence-electron chi connectivity index (χ0n) is 16.2. The van der Waals surface area contributed by atoms with E-state index in [2.05, 4.69) is 0 Å². The smallest absolute Gasteiger partial charge is 0.303 e. The maximum Gasteiger partial charge on any atom is 0.303 e. The predicted octanol–water partition coefficient (Wildman–Crippen LogP) is 3.69. The highest BCUT2D eigenvalue weighted by Gasteiger charge is 2.10. The normalized spacial score (nSPS) is 16.3. The first-order chi connectivity index (χ1) is 13.0. The van der Waals surface area contributed by atoms with Crippen molar-refractivity contribution in [1.29, 1.82) is 0 Å². The Hall–Kier alpha value is -1.95. The number of allylic oxidation sites excluding steroid dienone is 7. The van der Waals surface area contributed by atoms with Gasteiger partial charge < -0.3 is 20.4 Å². The highest BCUT2D eigenvalue weighted by Crippen LogP contribution is 2.07. The summed E-state index contributed by atoms with van der Waals surface area (Å²) in [5, 5.41) is 37.8. The van der Waals surface area contributed by atoms with Crippen LogP contribution in [0.15, 0.2) is 60.8 Å². The molecular formula is C22H34O5. The maximum atomic E-state index is 10.4. The number of carboxylic acid groups (broad SMARTS) is 1. The lowest BCUT2D eigenvalue weighted by molar-refractivity contribution is -0.137. The van der Waals surface area contributed by atoms with Crippen molar-refractivity contribution < 1.29 is 25.2 Å². The van der Waals surface area contributed by atoms with E-state index in [4.69, 9.17) is 5.11 Å². The fraction of sp³-hybridized carbons (Fsp3) is 0.500. The van der Waals surface area contributed by atoms with Crippen molar-refractivity contribution in [2.24, 2.45) is 0 Å². The summed E-state index contributed by atoms with van der Waals surface area (Å²) in [5.74, 6) is -0.779. The number of rotatable bonds is 15. The lowest BCUT2D eigenvalue weighted by Crippen LogP contribution is -2.22. The van der Waals surface area contributed by atoms with Gasteiger partial charge in [0.25, 0.3) is 0 Å². The molecule has 0 aromatic carbocycles. The average molecular weight is 379 g/mol. The van der Waals surface area contributed by atoms with E-state index in [0.717, 1.165) is 19.3 Å². The highest BCUT2D eigenvalue weighted by molar-refractivity contribution is 5.66. The molecule has 3 atom stereocenters. The van der Waals surface area contributed by atoms with Gasteiger partial charge in [-0.15, -0.1) is 0 Å². The van der Waals surface area contributed by atoms with Gasteiger partial charge in [-0.25, -0.2) is 0 Å². The van der Waals surface area contributed by atoms with E-state index >= 15 is 0 Å². The Labute approximate surface area is 162 Å². The number of hydrogen-bond acceptors (Lipinski definition) is 4. The molecule has 5 heteroatoms. The van der Waals surface area contributed by atoms with E-state index in [1.54, 1.807) is 48.6 Å². The first-order valence-corrected chi connectivity index (χ1v) is 9.56. The van der Waals surface area contributed by atoms with Gasteiger partial charge in [0.05, 0.1) is 18.3 Å². The Morgan fingerprint density at radius 2 is 1.48 bits per heavy atom. The third kappa shape index (κ3) is 17.2. The fourth-order valence-corrected chi connectivity index (χ4v) is 2.20. The van der Waals surface area contributed by atoms with Crippen molar-refractivity contribution >= 4 is 5.97 Å². The summed E-state index contributed by atoms with van der Waals surface area (Å²) < 4.78 is 0. The van der Waals surface area contributed by atoms with Crippen LogP contribution >= 0.6 is 0 Å². The molecule has 0 saturated carbocycles. The molecule has 0 unspecified atom stereocenters. The van der Waals surface area contributed by atoms with Crippen LogP contribution in [0.25, 0.3) is 0 Å². The lowest BCUT2D eigenvalue weighted by Gasteiger charge is -2.11. The van der Waals surface area contributed by atoms with Gasteiger partial charge in [-0.1, -0.05) is 80.5 Å². The number of carbonyl (C=O) groups is 1. The van der Waals surface area contributed by atoms with Gasteiger partial charge in [0.15, 0.2) is 0 Å². The molecule has 0 aromatic heterocycles. The van der Waals surface area contributed by atoms with E-state index in [-0.39, 0.29) is 6.42 Å². The van der Waals surface area contributed by atoms with E-state index in [0.29, 0.717) is 19.3 Å². The van der Waals surface area contributed by atoms with Crippen molar-refractivity contribution in [2.45, 2.75) is 70.2 Å². The molecule has 0 rings (SSSR count). The average Bonchev–Trinajstić information content (AvgIpc) is 2.63. The van der Waals surface area contributed by atoms with Crippen LogP contribution < -0.4 is 0 Å². The van der Waals surface area contributed by atoms with Gasteiger partial charge in [-0.05, 0) is 25.7 Å². The van der Waals surface area contributed by atoms with E-state index in [1.807, 2.05) is 19.1 Å². The quantitative estimate of drug-likeness (QED) is 0.198. The van der Waals surface area contributed by atoms with Crippen molar-refractivity contribution in [2.75, 3.05) is 0 Å². The summed E-state index contributed by atoms with van der Waals surface area (Å²) in [6.45, 7) is 2.01. The molecule has 4 N–H and O–H groups in total. The third-order valence-electron chi connectivity index (χ3n) is 3.76. The Morgan fingerprint density at radius 1 is 0.852 bits per heavy atom. The molecule has 0 aliphatic carbocycles. The molecule has 0 radical (unpaired) electrons. The molecule has 0 aromatic rings. The van der Waals surface area contributed by atoms with E-state index < -0.39 is 24.3 Å². The van der Waals surface area contributed by atoms with Gasteiger partial charge in [0, 0.05) is 6.42 Å². The Morgan fingerprint density at radius 3 is 2.11 bits per heavy atom. The van der Waals surface area contributed by atoms with Crippen molar-refractivity contribution in [3.05, 3.63) is 60.8 Å². The molecule has 0 aliphatic heterocycles. The first-order valence-electron chi connectivity index (χ1n) is 9.56. The van der Waals surface area contributed by atoms with Gasteiger partial charge in [0.1, 0.15) is 0 Å². The molecule has 0 bridgehead atoms. The second-order valence-corrected chi connectivity index (χ2v) is 6.27. The zero-order valence-corrected chi connectivity index (χ0v) is 16.2. The summed E-state index contributed by atoms with van der Waals surface area (Å²) >= 11 is 0. The second kappa shape index (κ2) is 17.5. The van der Waals surface area contributed by atoms with E-state index in [1.165, 1.54) is 0 Å². The summed E-state index contributed by atoms with van der Waals surface area (Å²) in [5.41, 5.74) is 0. The molecular weight excluding hydrogens is 344 g/mol. The van der Waals surface area contributed by atoms with Crippen LogP contribution in [-0.4, -0.2) is 44.7 Å². The van der Waals surface area contributed by atoms with Gasteiger partial charge in [0.2, 0.25) is 0 Å². The minimum Gasteiger partial charge on any atom is -0.481 e. The summed E-state index contributed by atoms with van der Waals surface area (Å²) in [6, 6.07) is 0. The molecule has 27 heavy (non-hydrogen) atoms. The van der Waals surface area contributed by atoms with Gasteiger partial charge >= 0.3 is 5.97 Å². The number of aliphatic hydroxyl groups is 3. The van der Waals surface area contributed by atoms with Crippen molar-refractivity contribution in [3.8, 4) is 0 Å². The zero-order chi connectivity index (χ0) is 20.3. The number of carboxylic acids is 1. The van der Waals surface area contributed by atoms with E-state index in [9.17, 15) is 20.1 Å². The van der Waals surface area contributed by atoms with Crippen LogP contribution in [0.5, 0.6) is 0 Å². The van der Waals surface area contributed by atoms with Gasteiger partial charge in [-0.2, -0.15) is 0 Å². The third-order valence-corrected chi connectivity index (χ3v) is 3.76. The monoisotopic (exact) mass is 378 g/mol. The van der Waals surface area contributed by atoms with Crippen LogP contribution in [0.2, 0.25) is 0 Å². The summed E-state index contributed by atoms with van der Waals surface area (Å²) in [4.78, 5) is 10.4.